The Morgan fingerprint density at radius 2 is 1.50 bits per heavy atom. The van der Waals surface area contributed by atoms with E-state index in [0.717, 1.165) is 17.9 Å². The van der Waals surface area contributed by atoms with Gasteiger partial charge in [0, 0.05) is 12.1 Å². The molecule has 0 radical (unpaired) electrons. The Labute approximate surface area is 151 Å². The predicted octanol–water partition coefficient (Wildman–Crippen LogP) is 5.94. The minimum absolute atomic E-state index is 0.155. The third-order valence-corrected chi connectivity index (χ3v) is 6.58. The van der Waals surface area contributed by atoms with E-state index in [1.165, 1.54) is 69.1 Å². The third-order valence-electron chi connectivity index (χ3n) is 5.60. The summed E-state index contributed by atoms with van der Waals surface area (Å²) in [5.74, 6) is 0. The van der Waals surface area contributed by atoms with E-state index in [9.17, 15) is 4.79 Å². The maximum absolute atomic E-state index is 13.2. The molecule has 24 heavy (non-hydrogen) atoms. The van der Waals surface area contributed by atoms with Crippen LogP contribution in [0.2, 0.25) is 0 Å². The van der Waals surface area contributed by atoms with Crippen molar-refractivity contribution in [2.24, 2.45) is 0 Å². The summed E-state index contributed by atoms with van der Waals surface area (Å²) >= 11 is 1.71. The van der Waals surface area contributed by atoms with Crippen LogP contribution in [0.15, 0.2) is 22.1 Å². The number of amides is 2. The highest BCUT2D eigenvalue weighted by atomic mass is 32.2. The van der Waals surface area contributed by atoms with Crippen molar-refractivity contribution < 1.29 is 4.79 Å². The second-order valence-corrected chi connectivity index (χ2v) is 8.77. The van der Waals surface area contributed by atoms with Gasteiger partial charge in [0.15, 0.2) is 0 Å². The van der Waals surface area contributed by atoms with Gasteiger partial charge in [-0.2, -0.15) is 0 Å². The summed E-state index contributed by atoms with van der Waals surface area (Å²) in [5, 5.41) is 4.28. The molecule has 2 saturated carbocycles. The Kier molecular flexibility index (Phi) is 6.70. The second-order valence-electron chi connectivity index (χ2n) is 7.48. The van der Waals surface area contributed by atoms with Crippen molar-refractivity contribution in [2.45, 2.75) is 96.1 Å². The minimum Gasteiger partial charge on any atom is -0.319 e. The van der Waals surface area contributed by atoms with E-state index in [4.69, 9.17) is 0 Å². The molecular formula is C20H32N2OS. The molecule has 2 amide bonds. The van der Waals surface area contributed by atoms with Gasteiger partial charge in [-0.3, -0.25) is 0 Å². The lowest BCUT2D eigenvalue weighted by Crippen LogP contribution is -2.52. The van der Waals surface area contributed by atoms with Crippen LogP contribution >= 0.6 is 11.8 Å². The molecule has 0 spiro atoms. The molecule has 3 nitrogen and oxygen atoms in total. The van der Waals surface area contributed by atoms with Gasteiger partial charge < -0.3 is 10.2 Å². The summed E-state index contributed by atoms with van der Waals surface area (Å²) in [7, 11) is 0. The van der Waals surface area contributed by atoms with Crippen LogP contribution in [0, 0.1) is 0 Å². The lowest BCUT2D eigenvalue weighted by atomic mass is 9.89. The highest BCUT2D eigenvalue weighted by Crippen LogP contribution is 2.32. The predicted molar refractivity (Wildman–Crippen MR) is 103 cm³/mol. The van der Waals surface area contributed by atoms with Gasteiger partial charge in [0.1, 0.15) is 0 Å². The standard InChI is InChI=1S/C20H32N2OS/c1-16-10-8-9-15-19(24-16)21-20(23)22(17-11-4-2-5-12-17)18-13-6-3-7-14-18/h10,15,17-18H,2-9,11-14H2,1H3,(H,21,23). The van der Waals surface area contributed by atoms with Crippen LogP contribution in [-0.2, 0) is 0 Å². The largest absolute Gasteiger partial charge is 0.322 e. The molecule has 3 aliphatic rings. The fourth-order valence-corrected chi connectivity index (χ4v) is 5.24. The van der Waals surface area contributed by atoms with E-state index < -0.39 is 0 Å². The summed E-state index contributed by atoms with van der Waals surface area (Å²) in [6.45, 7) is 2.13. The van der Waals surface area contributed by atoms with E-state index in [2.05, 4.69) is 29.3 Å². The number of carbonyl (C=O) groups is 1. The second kappa shape index (κ2) is 8.98. The molecule has 2 aliphatic carbocycles. The molecule has 0 bridgehead atoms. The number of hydrogen-bond acceptors (Lipinski definition) is 2. The van der Waals surface area contributed by atoms with Crippen LogP contribution in [0.3, 0.4) is 0 Å². The number of nitrogens with zero attached hydrogens (tertiary/aromatic N) is 1. The first kappa shape index (κ1) is 17.9. The van der Waals surface area contributed by atoms with E-state index in [-0.39, 0.29) is 6.03 Å². The van der Waals surface area contributed by atoms with Crippen molar-refractivity contribution in [1.29, 1.82) is 0 Å². The quantitative estimate of drug-likeness (QED) is 0.685. The number of rotatable bonds is 3. The first-order chi connectivity index (χ1) is 11.7. The topological polar surface area (TPSA) is 32.3 Å². The summed E-state index contributed by atoms with van der Waals surface area (Å²) in [5.41, 5.74) is 0. The molecule has 1 heterocycles. The van der Waals surface area contributed by atoms with Gasteiger partial charge >= 0.3 is 6.03 Å². The minimum atomic E-state index is 0.155. The summed E-state index contributed by atoms with van der Waals surface area (Å²) in [4.78, 5) is 16.7. The summed E-state index contributed by atoms with van der Waals surface area (Å²) in [6.07, 6.45) is 19.1. The van der Waals surface area contributed by atoms with Gasteiger partial charge in [0.05, 0.1) is 5.03 Å². The van der Waals surface area contributed by atoms with Crippen molar-refractivity contribution >= 4 is 17.8 Å². The van der Waals surface area contributed by atoms with Gasteiger partial charge in [-0.25, -0.2) is 4.79 Å². The molecule has 0 saturated heterocycles. The van der Waals surface area contributed by atoms with Crippen molar-refractivity contribution in [3.8, 4) is 0 Å². The number of hydrogen-bond donors (Lipinski definition) is 1. The van der Waals surface area contributed by atoms with Crippen LogP contribution in [0.4, 0.5) is 4.79 Å². The number of carbonyl (C=O) groups excluding carboxylic acids is 1. The van der Waals surface area contributed by atoms with Crippen molar-refractivity contribution in [3.05, 3.63) is 22.1 Å². The first-order valence-electron chi connectivity index (χ1n) is 9.88. The van der Waals surface area contributed by atoms with Gasteiger partial charge in [-0.15, -0.1) is 0 Å². The fourth-order valence-electron chi connectivity index (χ4n) is 4.35. The van der Waals surface area contributed by atoms with E-state index in [1.807, 2.05) is 0 Å². The normalized spacial score (nSPS) is 23.9. The smallest absolute Gasteiger partial charge is 0.319 e. The zero-order chi connectivity index (χ0) is 16.8. The molecule has 4 heteroatoms. The molecular weight excluding hydrogens is 316 g/mol. The molecule has 0 atom stereocenters. The monoisotopic (exact) mass is 348 g/mol. The Morgan fingerprint density at radius 3 is 2.08 bits per heavy atom. The Hall–Kier alpha value is -0.900. The highest BCUT2D eigenvalue weighted by molar-refractivity contribution is 8.06. The van der Waals surface area contributed by atoms with Crippen LogP contribution < -0.4 is 5.32 Å². The van der Waals surface area contributed by atoms with Crippen molar-refractivity contribution in [1.82, 2.24) is 10.2 Å². The average Bonchev–Trinajstić information content (AvgIpc) is 2.81. The van der Waals surface area contributed by atoms with Gasteiger partial charge in [0.2, 0.25) is 0 Å². The average molecular weight is 349 g/mol. The van der Waals surface area contributed by atoms with E-state index in [1.54, 1.807) is 11.8 Å². The van der Waals surface area contributed by atoms with Crippen LogP contribution in [-0.4, -0.2) is 23.0 Å². The number of thioether (sulfide) groups is 1. The molecule has 0 aromatic carbocycles. The van der Waals surface area contributed by atoms with Crippen LogP contribution in [0.1, 0.15) is 84.0 Å². The molecule has 1 N–H and O–H groups in total. The summed E-state index contributed by atoms with van der Waals surface area (Å²) in [6, 6.07) is 1.06. The maximum atomic E-state index is 13.2. The third kappa shape index (κ3) is 4.81. The maximum Gasteiger partial charge on any atom is 0.322 e. The van der Waals surface area contributed by atoms with Crippen LogP contribution in [0.5, 0.6) is 0 Å². The van der Waals surface area contributed by atoms with E-state index >= 15 is 0 Å². The lowest BCUT2D eigenvalue weighted by molar-refractivity contribution is 0.107. The zero-order valence-electron chi connectivity index (χ0n) is 15.1. The van der Waals surface area contributed by atoms with E-state index in [0.29, 0.717) is 12.1 Å². The Balaban J connectivity index is 1.70. The molecule has 1 aliphatic heterocycles. The highest BCUT2D eigenvalue weighted by Gasteiger charge is 2.32. The molecule has 134 valence electrons. The number of allylic oxidation sites excluding steroid dienone is 3. The van der Waals surface area contributed by atoms with Gasteiger partial charge in [-0.1, -0.05) is 62.4 Å². The van der Waals surface area contributed by atoms with Gasteiger partial charge in [-0.05, 0) is 50.4 Å². The van der Waals surface area contributed by atoms with Crippen molar-refractivity contribution in [3.63, 3.8) is 0 Å². The Morgan fingerprint density at radius 1 is 0.958 bits per heavy atom. The molecule has 0 aromatic heterocycles. The molecule has 2 fully saturated rings. The van der Waals surface area contributed by atoms with Crippen molar-refractivity contribution in [2.75, 3.05) is 0 Å². The number of urea groups is 1. The molecule has 3 rings (SSSR count). The van der Waals surface area contributed by atoms with Gasteiger partial charge in [0.25, 0.3) is 0 Å². The fraction of sp³-hybridized carbons (Fsp3) is 0.750. The first-order valence-corrected chi connectivity index (χ1v) is 10.7. The summed E-state index contributed by atoms with van der Waals surface area (Å²) < 4.78 is 0. The number of nitrogens with one attached hydrogen (secondary N) is 1. The Bertz CT molecular complexity index is 470. The lowest BCUT2D eigenvalue weighted by Gasteiger charge is -2.41. The SMILES string of the molecule is CC1=CCCC=C(NC(=O)N(C2CCCCC2)C2CCCCC2)S1. The zero-order valence-corrected chi connectivity index (χ0v) is 15.9. The van der Waals surface area contributed by atoms with Crippen LogP contribution in [0.25, 0.3) is 0 Å². The molecule has 0 unspecified atom stereocenters. The molecule has 0 aromatic rings.